The van der Waals surface area contributed by atoms with Crippen LogP contribution in [0.25, 0.3) is 11.0 Å². The van der Waals surface area contributed by atoms with Crippen LogP contribution in [0.5, 0.6) is 0 Å². The molecule has 3 aromatic rings. The lowest BCUT2D eigenvalue weighted by molar-refractivity contribution is -0.141. The lowest BCUT2D eigenvalue weighted by Gasteiger charge is -2.18. The van der Waals surface area contributed by atoms with Crippen molar-refractivity contribution in [1.29, 1.82) is 5.26 Å². The zero-order valence-electron chi connectivity index (χ0n) is 12.8. The maximum atomic E-state index is 12.2. The number of aromatic amines is 2. The zero-order chi connectivity index (χ0) is 17.1. The topological polar surface area (TPSA) is 111 Å². The Balaban J connectivity index is 1.97. The van der Waals surface area contributed by atoms with Crippen LogP contribution in [0.4, 0.5) is 5.69 Å². The summed E-state index contributed by atoms with van der Waals surface area (Å²) in [5, 5.41) is 12.1. The quantitative estimate of drug-likeness (QED) is 0.637. The molecule has 0 amide bonds. The molecule has 0 saturated heterocycles. The maximum Gasteiger partial charge on any atom is 0.332 e. The maximum absolute atomic E-state index is 12.2. The van der Waals surface area contributed by atoms with Crippen LogP contribution in [0.1, 0.15) is 17.2 Å². The van der Waals surface area contributed by atoms with Gasteiger partial charge in [-0.3, -0.25) is 0 Å². The number of nitrogens with one attached hydrogen (secondary N) is 3. The van der Waals surface area contributed by atoms with E-state index in [1.807, 2.05) is 6.07 Å². The number of methoxy groups -OCH3 is 1. The predicted octanol–water partition coefficient (Wildman–Crippen LogP) is 2.05. The number of fused-ring (bicyclic) bond motifs is 1. The third-order valence-electron chi connectivity index (χ3n) is 3.61. The first-order chi connectivity index (χ1) is 11.6. The number of aromatic nitrogens is 2. The van der Waals surface area contributed by atoms with Crippen molar-refractivity contribution >= 4 is 22.7 Å². The van der Waals surface area contributed by atoms with E-state index >= 15 is 0 Å². The van der Waals surface area contributed by atoms with E-state index in [-0.39, 0.29) is 5.69 Å². The van der Waals surface area contributed by atoms with Gasteiger partial charge in [-0.2, -0.15) is 5.26 Å². The number of H-pyrrole nitrogens is 2. The minimum Gasteiger partial charge on any atom is -0.467 e. The van der Waals surface area contributed by atoms with E-state index in [2.05, 4.69) is 15.3 Å². The highest BCUT2D eigenvalue weighted by Gasteiger charge is 2.22. The SMILES string of the molecule is COC(=O)[C@H](Nc1ccc2[nH]c(=O)[nH]c2c1)c1cccc(C#N)c1. The first-order valence-electron chi connectivity index (χ1n) is 7.17. The van der Waals surface area contributed by atoms with Crippen molar-refractivity contribution in [2.24, 2.45) is 0 Å². The molecule has 0 saturated carbocycles. The molecule has 0 spiro atoms. The van der Waals surface area contributed by atoms with Gasteiger partial charge in [-0.15, -0.1) is 0 Å². The molecule has 1 aromatic heterocycles. The Labute approximate surface area is 136 Å². The van der Waals surface area contributed by atoms with E-state index in [1.54, 1.807) is 42.5 Å². The molecule has 0 fully saturated rings. The third-order valence-corrected chi connectivity index (χ3v) is 3.61. The van der Waals surface area contributed by atoms with Gasteiger partial charge in [-0.1, -0.05) is 12.1 Å². The highest BCUT2D eigenvalue weighted by atomic mass is 16.5. The number of imidazole rings is 1. The standard InChI is InChI=1S/C17H14N4O3/c1-24-16(22)15(11-4-2-3-10(7-11)9-18)19-12-5-6-13-14(8-12)21-17(23)20-13/h2-8,15,19H,1H3,(H2,20,21,23)/t15-/m1/s1. The van der Waals surface area contributed by atoms with Crippen LogP contribution in [0, 0.1) is 11.3 Å². The molecule has 7 heteroatoms. The van der Waals surface area contributed by atoms with Gasteiger partial charge < -0.3 is 20.0 Å². The number of anilines is 1. The number of carbonyl (C=O) groups excluding carboxylic acids is 1. The number of nitriles is 1. The summed E-state index contributed by atoms with van der Waals surface area (Å²) in [4.78, 5) is 28.8. The van der Waals surface area contributed by atoms with Crippen LogP contribution < -0.4 is 11.0 Å². The normalized spacial score (nSPS) is 11.7. The van der Waals surface area contributed by atoms with Crippen LogP contribution in [-0.2, 0) is 9.53 Å². The number of ether oxygens (including phenoxy) is 1. The second-order valence-electron chi connectivity index (χ2n) is 5.18. The van der Waals surface area contributed by atoms with Crippen LogP contribution in [0.15, 0.2) is 47.3 Å². The van der Waals surface area contributed by atoms with Crippen molar-refractivity contribution in [3.8, 4) is 6.07 Å². The summed E-state index contributed by atoms with van der Waals surface area (Å²) in [6, 6.07) is 13.2. The van der Waals surface area contributed by atoms with Crippen LogP contribution in [0.3, 0.4) is 0 Å². The number of hydrogen-bond donors (Lipinski definition) is 3. The summed E-state index contributed by atoms with van der Waals surface area (Å²) in [5.74, 6) is -0.479. The first kappa shape index (κ1) is 15.4. The Bertz CT molecular complexity index is 997. The van der Waals surface area contributed by atoms with Crippen molar-refractivity contribution in [3.63, 3.8) is 0 Å². The second kappa shape index (κ2) is 6.30. The Morgan fingerprint density at radius 2 is 2.00 bits per heavy atom. The molecule has 3 N–H and O–H groups in total. The molecule has 0 aliphatic carbocycles. The summed E-state index contributed by atoms with van der Waals surface area (Å²) in [5.41, 5.74) is 2.70. The van der Waals surface area contributed by atoms with Crippen molar-refractivity contribution in [2.75, 3.05) is 12.4 Å². The fraction of sp³-hybridized carbons (Fsp3) is 0.118. The van der Waals surface area contributed by atoms with Crippen molar-refractivity contribution in [1.82, 2.24) is 9.97 Å². The number of nitrogens with zero attached hydrogens (tertiary/aromatic N) is 1. The fourth-order valence-corrected chi connectivity index (χ4v) is 2.47. The van der Waals surface area contributed by atoms with Crippen LogP contribution in [0.2, 0.25) is 0 Å². The van der Waals surface area contributed by atoms with E-state index in [0.29, 0.717) is 27.8 Å². The van der Waals surface area contributed by atoms with E-state index in [1.165, 1.54) is 7.11 Å². The average Bonchev–Trinajstić information content (AvgIpc) is 2.98. The van der Waals surface area contributed by atoms with Crippen LogP contribution >= 0.6 is 0 Å². The third kappa shape index (κ3) is 2.98. The summed E-state index contributed by atoms with van der Waals surface area (Å²) in [6.07, 6.45) is 0. The molecular weight excluding hydrogens is 308 g/mol. The Hall–Kier alpha value is -3.53. The molecule has 1 heterocycles. The van der Waals surface area contributed by atoms with E-state index < -0.39 is 12.0 Å². The number of benzene rings is 2. The number of esters is 1. The van der Waals surface area contributed by atoms with Gasteiger partial charge in [0.15, 0.2) is 6.04 Å². The molecule has 0 radical (unpaired) electrons. The van der Waals surface area contributed by atoms with Gasteiger partial charge in [-0.05, 0) is 35.9 Å². The molecule has 0 unspecified atom stereocenters. The number of rotatable bonds is 4. The van der Waals surface area contributed by atoms with Crippen molar-refractivity contribution < 1.29 is 9.53 Å². The van der Waals surface area contributed by atoms with E-state index in [0.717, 1.165) is 0 Å². The van der Waals surface area contributed by atoms with Crippen molar-refractivity contribution in [3.05, 3.63) is 64.1 Å². The molecule has 120 valence electrons. The summed E-state index contributed by atoms with van der Waals surface area (Å²) in [6.45, 7) is 0. The van der Waals surface area contributed by atoms with Crippen LogP contribution in [-0.4, -0.2) is 23.0 Å². The van der Waals surface area contributed by atoms with E-state index in [9.17, 15) is 9.59 Å². The molecule has 3 rings (SSSR count). The van der Waals surface area contributed by atoms with Gasteiger partial charge in [0.1, 0.15) is 0 Å². The van der Waals surface area contributed by atoms with Gasteiger partial charge in [-0.25, -0.2) is 9.59 Å². The summed E-state index contributed by atoms with van der Waals surface area (Å²) < 4.78 is 4.86. The molecule has 0 bridgehead atoms. The fourth-order valence-electron chi connectivity index (χ4n) is 2.47. The molecule has 1 atom stereocenters. The molecule has 0 aliphatic heterocycles. The largest absolute Gasteiger partial charge is 0.467 e. The van der Waals surface area contributed by atoms with Gasteiger partial charge in [0.25, 0.3) is 0 Å². The highest BCUT2D eigenvalue weighted by molar-refractivity contribution is 5.83. The average molecular weight is 322 g/mol. The van der Waals surface area contributed by atoms with Gasteiger partial charge in [0.2, 0.25) is 0 Å². The van der Waals surface area contributed by atoms with Gasteiger partial charge >= 0.3 is 11.7 Å². The van der Waals surface area contributed by atoms with Gasteiger partial charge in [0.05, 0.1) is 29.8 Å². The monoisotopic (exact) mass is 322 g/mol. The molecular formula is C17H14N4O3. The Kier molecular flexibility index (Phi) is 4.03. The zero-order valence-corrected chi connectivity index (χ0v) is 12.8. The minimum atomic E-state index is -0.772. The minimum absolute atomic E-state index is 0.298. The summed E-state index contributed by atoms with van der Waals surface area (Å²) in [7, 11) is 1.30. The van der Waals surface area contributed by atoms with Crippen molar-refractivity contribution in [2.45, 2.75) is 6.04 Å². The lowest BCUT2D eigenvalue weighted by Crippen LogP contribution is -2.22. The molecule has 24 heavy (non-hydrogen) atoms. The highest BCUT2D eigenvalue weighted by Crippen LogP contribution is 2.23. The number of hydrogen-bond acceptors (Lipinski definition) is 5. The predicted molar refractivity (Wildman–Crippen MR) is 88.5 cm³/mol. The summed E-state index contributed by atoms with van der Waals surface area (Å²) >= 11 is 0. The van der Waals surface area contributed by atoms with E-state index in [4.69, 9.17) is 10.00 Å². The first-order valence-corrected chi connectivity index (χ1v) is 7.17. The Morgan fingerprint density at radius 1 is 1.21 bits per heavy atom. The molecule has 7 nitrogen and oxygen atoms in total. The molecule has 2 aromatic carbocycles. The molecule has 0 aliphatic rings. The number of carbonyl (C=O) groups is 1. The Morgan fingerprint density at radius 3 is 2.75 bits per heavy atom. The van der Waals surface area contributed by atoms with Gasteiger partial charge in [0, 0.05) is 5.69 Å². The smallest absolute Gasteiger partial charge is 0.332 e. The second-order valence-corrected chi connectivity index (χ2v) is 5.18. The lowest BCUT2D eigenvalue weighted by atomic mass is 10.0.